The summed E-state index contributed by atoms with van der Waals surface area (Å²) < 4.78 is 28.1. The van der Waals surface area contributed by atoms with Gasteiger partial charge < -0.3 is 4.98 Å². The number of benzene rings is 1. The van der Waals surface area contributed by atoms with Crippen molar-refractivity contribution in [2.75, 3.05) is 4.72 Å². The molecule has 31 heavy (non-hydrogen) atoms. The molecule has 0 spiro atoms. The van der Waals surface area contributed by atoms with Gasteiger partial charge >= 0.3 is 0 Å². The van der Waals surface area contributed by atoms with E-state index in [0.29, 0.717) is 16.6 Å². The molecular formula is C20H11Cl2N5O3S. The lowest BCUT2D eigenvalue weighted by atomic mass is 10.0. The van der Waals surface area contributed by atoms with Gasteiger partial charge in [-0.1, -0.05) is 23.2 Å². The van der Waals surface area contributed by atoms with Crippen LogP contribution in [0.2, 0.25) is 10.0 Å². The minimum Gasteiger partial charge on any atom is -0.346 e. The van der Waals surface area contributed by atoms with Gasteiger partial charge in [0.2, 0.25) is 5.78 Å². The Balaban J connectivity index is 1.77. The summed E-state index contributed by atoms with van der Waals surface area (Å²) in [5.74, 6) is -0.515. The molecule has 0 unspecified atom stereocenters. The number of H-pyrrole nitrogens is 1. The molecule has 0 amide bonds. The quantitative estimate of drug-likeness (QED) is 0.420. The Hall–Kier alpha value is -3.45. The second-order valence-corrected chi connectivity index (χ2v) is 8.86. The number of nitriles is 1. The number of carbonyl (C=O) groups excluding carboxylic acids is 1. The van der Waals surface area contributed by atoms with Crippen LogP contribution in [0.5, 0.6) is 0 Å². The molecule has 1 aromatic carbocycles. The summed E-state index contributed by atoms with van der Waals surface area (Å²) in [6.07, 6.45) is 4.35. The fourth-order valence-electron chi connectivity index (χ4n) is 2.94. The van der Waals surface area contributed by atoms with E-state index < -0.39 is 15.8 Å². The van der Waals surface area contributed by atoms with Gasteiger partial charge in [-0.3, -0.25) is 9.52 Å². The van der Waals surface area contributed by atoms with Crippen LogP contribution in [-0.4, -0.2) is 29.2 Å². The molecule has 0 aliphatic carbocycles. The lowest BCUT2D eigenvalue weighted by molar-refractivity contribution is 0.103. The number of anilines is 1. The highest BCUT2D eigenvalue weighted by Crippen LogP contribution is 2.27. The number of fused-ring (bicyclic) bond motifs is 1. The highest BCUT2D eigenvalue weighted by Gasteiger charge is 2.23. The third-order valence-corrected chi connectivity index (χ3v) is 6.27. The SMILES string of the molecule is N#Cc1ccc(S(=O)(=O)Nc2cc(Cl)cnc2C(=O)c2ccnc3[nH]ccc23)cc1Cl. The van der Waals surface area contributed by atoms with E-state index in [9.17, 15) is 13.2 Å². The Morgan fingerprint density at radius 1 is 1.13 bits per heavy atom. The maximum atomic E-state index is 13.2. The van der Waals surface area contributed by atoms with Gasteiger partial charge in [-0.25, -0.2) is 18.4 Å². The molecule has 2 N–H and O–H groups in total. The van der Waals surface area contributed by atoms with Gasteiger partial charge in [0.25, 0.3) is 10.0 Å². The first-order chi connectivity index (χ1) is 14.8. The molecule has 4 aromatic rings. The van der Waals surface area contributed by atoms with Crippen molar-refractivity contribution < 1.29 is 13.2 Å². The molecule has 154 valence electrons. The van der Waals surface area contributed by atoms with Crippen molar-refractivity contribution in [3.05, 3.63) is 81.9 Å². The van der Waals surface area contributed by atoms with Crippen molar-refractivity contribution in [2.45, 2.75) is 4.90 Å². The standard InChI is InChI=1S/C20H11Cl2N5O3S/c21-12-7-17(27-31(29,30)13-2-1-11(9-23)16(22)8-13)18(26-10-12)19(28)14-3-5-24-20-15(14)4-6-25-20/h1-8,10,27H,(H,24,25). The van der Waals surface area contributed by atoms with Crippen molar-refractivity contribution in [1.82, 2.24) is 15.0 Å². The van der Waals surface area contributed by atoms with Gasteiger partial charge in [0, 0.05) is 29.5 Å². The van der Waals surface area contributed by atoms with Crippen molar-refractivity contribution in [2.24, 2.45) is 0 Å². The summed E-state index contributed by atoms with van der Waals surface area (Å²) in [7, 11) is -4.16. The molecule has 0 saturated carbocycles. The Morgan fingerprint density at radius 2 is 1.94 bits per heavy atom. The summed E-state index contributed by atoms with van der Waals surface area (Å²) in [6, 6.07) is 10.0. The van der Waals surface area contributed by atoms with E-state index >= 15 is 0 Å². The topological polar surface area (TPSA) is 129 Å². The zero-order valence-corrected chi connectivity index (χ0v) is 17.8. The molecule has 0 bridgehead atoms. The molecule has 0 aliphatic heterocycles. The van der Waals surface area contributed by atoms with E-state index in [1.54, 1.807) is 12.3 Å². The van der Waals surface area contributed by atoms with Gasteiger partial charge in [0.1, 0.15) is 17.4 Å². The van der Waals surface area contributed by atoms with Crippen LogP contribution in [0.3, 0.4) is 0 Å². The van der Waals surface area contributed by atoms with Gasteiger partial charge in [-0.05, 0) is 36.4 Å². The number of nitrogens with zero attached hydrogens (tertiary/aromatic N) is 3. The van der Waals surface area contributed by atoms with Crippen molar-refractivity contribution in [1.29, 1.82) is 5.26 Å². The van der Waals surface area contributed by atoms with Gasteiger partial charge in [-0.15, -0.1) is 0 Å². The van der Waals surface area contributed by atoms with E-state index in [2.05, 4.69) is 19.7 Å². The average molecular weight is 472 g/mol. The number of sulfonamides is 1. The van der Waals surface area contributed by atoms with E-state index in [0.717, 1.165) is 6.07 Å². The third kappa shape index (κ3) is 3.96. The smallest absolute Gasteiger partial charge is 0.262 e. The Labute approximate surface area is 186 Å². The third-order valence-electron chi connectivity index (χ3n) is 4.39. The van der Waals surface area contributed by atoms with Crippen LogP contribution >= 0.6 is 23.2 Å². The highest BCUT2D eigenvalue weighted by atomic mass is 35.5. The summed E-state index contributed by atoms with van der Waals surface area (Å²) in [5, 5.41) is 9.66. The molecule has 0 atom stereocenters. The number of pyridine rings is 2. The maximum absolute atomic E-state index is 13.2. The number of aromatic amines is 1. The zero-order chi connectivity index (χ0) is 22.2. The summed E-state index contributed by atoms with van der Waals surface area (Å²) in [4.78, 5) is 24.1. The molecule has 4 rings (SSSR count). The molecule has 3 heterocycles. The van der Waals surface area contributed by atoms with Crippen LogP contribution in [0.1, 0.15) is 21.6 Å². The van der Waals surface area contributed by atoms with Crippen molar-refractivity contribution >= 4 is 55.7 Å². The lowest BCUT2D eigenvalue weighted by Gasteiger charge is -2.12. The van der Waals surface area contributed by atoms with Crippen LogP contribution in [0.4, 0.5) is 5.69 Å². The predicted octanol–water partition coefficient (Wildman–Crippen LogP) is 4.17. The largest absolute Gasteiger partial charge is 0.346 e. The Kier molecular flexibility index (Phi) is 5.37. The first kappa shape index (κ1) is 20.8. The highest BCUT2D eigenvalue weighted by molar-refractivity contribution is 7.92. The van der Waals surface area contributed by atoms with E-state index in [1.165, 1.54) is 36.7 Å². The second kappa shape index (κ2) is 8.00. The molecule has 0 saturated heterocycles. The number of aromatic nitrogens is 3. The van der Waals surface area contributed by atoms with Gasteiger partial charge in [0.15, 0.2) is 0 Å². The minimum absolute atomic E-state index is 0.0162. The predicted molar refractivity (Wildman–Crippen MR) is 116 cm³/mol. The maximum Gasteiger partial charge on any atom is 0.262 e. The normalized spacial score (nSPS) is 11.3. The van der Waals surface area contributed by atoms with Crippen LogP contribution in [0.15, 0.2) is 59.9 Å². The van der Waals surface area contributed by atoms with Gasteiger partial charge in [-0.2, -0.15) is 5.26 Å². The summed E-state index contributed by atoms with van der Waals surface area (Å²) >= 11 is 12.0. The first-order valence-corrected chi connectivity index (χ1v) is 10.9. The summed E-state index contributed by atoms with van der Waals surface area (Å²) in [5.41, 5.74) is 0.700. The molecule has 11 heteroatoms. The minimum atomic E-state index is -4.16. The van der Waals surface area contributed by atoms with Crippen LogP contribution in [0.25, 0.3) is 11.0 Å². The first-order valence-electron chi connectivity index (χ1n) is 8.65. The number of ketones is 1. The molecular weight excluding hydrogens is 461 g/mol. The van der Waals surface area contributed by atoms with Crippen molar-refractivity contribution in [3.63, 3.8) is 0 Å². The molecule has 0 aliphatic rings. The Morgan fingerprint density at radius 3 is 2.68 bits per heavy atom. The fourth-order valence-corrected chi connectivity index (χ4v) is 4.47. The summed E-state index contributed by atoms with van der Waals surface area (Å²) in [6.45, 7) is 0. The molecule has 0 radical (unpaired) electrons. The van der Waals surface area contributed by atoms with Crippen LogP contribution in [-0.2, 0) is 10.0 Å². The van der Waals surface area contributed by atoms with Crippen LogP contribution in [0, 0.1) is 11.3 Å². The monoisotopic (exact) mass is 471 g/mol. The molecule has 8 nitrogen and oxygen atoms in total. The second-order valence-electron chi connectivity index (χ2n) is 6.34. The van der Waals surface area contributed by atoms with Crippen molar-refractivity contribution in [3.8, 4) is 6.07 Å². The Bertz CT molecular complexity index is 1490. The average Bonchev–Trinajstić information content (AvgIpc) is 3.22. The fraction of sp³-hybridized carbons (Fsp3) is 0. The molecule has 3 aromatic heterocycles. The van der Waals surface area contributed by atoms with E-state index in [-0.39, 0.29) is 31.9 Å². The van der Waals surface area contributed by atoms with Gasteiger partial charge in [0.05, 0.1) is 26.2 Å². The lowest BCUT2D eigenvalue weighted by Crippen LogP contribution is -2.17. The number of rotatable bonds is 5. The van der Waals surface area contributed by atoms with E-state index in [1.807, 2.05) is 6.07 Å². The number of nitrogens with one attached hydrogen (secondary N) is 2. The molecule has 0 fully saturated rings. The number of hydrogen-bond donors (Lipinski definition) is 2. The number of halogens is 2. The number of hydrogen-bond acceptors (Lipinski definition) is 6. The zero-order valence-electron chi connectivity index (χ0n) is 15.4. The van der Waals surface area contributed by atoms with Crippen LogP contribution < -0.4 is 4.72 Å². The number of carbonyl (C=O) groups is 1. The van der Waals surface area contributed by atoms with E-state index in [4.69, 9.17) is 28.5 Å².